The molecule has 1 N–H and O–H groups in total. The summed E-state index contributed by atoms with van der Waals surface area (Å²) < 4.78 is 33.2. The second-order valence-corrected chi connectivity index (χ2v) is 7.96. The zero-order valence-electron chi connectivity index (χ0n) is 17.1. The number of carbonyl (C=O) groups excluding carboxylic acids is 1. The van der Waals surface area contributed by atoms with Gasteiger partial charge in [0.05, 0.1) is 35.0 Å². The molecule has 172 valence electrons. The van der Waals surface area contributed by atoms with Crippen LogP contribution in [0.4, 0.5) is 8.78 Å². The van der Waals surface area contributed by atoms with Crippen LogP contribution in [0.25, 0.3) is 17.0 Å². The Bertz CT molecular complexity index is 1520. The van der Waals surface area contributed by atoms with E-state index < -0.39 is 18.5 Å². The van der Waals surface area contributed by atoms with Crippen LogP contribution in [0.3, 0.4) is 0 Å². The van der Waals surface area contributed by atoms with Gasteiger partial charge < -0.3 is 14.3 Å². The second-order valence-electron chi connectivity index (χ2n) is 7.57. The summed E-state index contributed by atoms with van der Waals surface area (Å²) in [5, 5.41) is 16.2. The van der Waals surface area contributed by atoms with Gasteiger partial charge in [0, 0.05) is 24.9 Å². The van der Waals surface area contributed by atoms with Gasteiger partial charge in [-0.05, 0) is 18.2 Å². The number of hydrogen-bond donors (Lipinski definition) is 1. The minimum atomic E-state index is -2.81. The Balaban J connectivity index is 1.37. The molecule has 6 heterocycles. The van der Waals surface area contributed by atoms with Crippen LogP contribution in [0.5, 0.6) is 0 Å². The van der Waals surface area contributed by atoms with Gasteiger partial charge in [0.1, 0.15) is 11.2 Å². The average Bonchev–Trinajstić information content (AvgIpc) is 3.62. The number of aromatic amines is 1. The van der Waals surface area contributed by atoms with Crippen molar-refractivity contribution < 1.29 is 18.0 Å². The van der Waals surface area contributed by atoms with Crippen LogP contribution in [0.15, 0.2) is 47.4 Å². The van der Waals surface area contributed by atoms with Crippen LogP contribution in [0.2, 0.25) is 5.15 Å². The molecule has 0 aromatic carbocycles. The molecule has 11 nitrogen and oxygen atoms in total. The minimum Gasteiger partial charge on any atom is -0.412 e. The van der Waals surface area contributed by atoms with Crippen molar-refractivity contribution in [2.75, 3.05) is 6.54 Å². The first-order valence-electron chi connectivity index (χ1n) is 10.1. The van der Waals surface area contributed by atoms with E-state index in [1.807, 2.05) is 18.2 Å². The summed E-state index contributed by atoms with van der Waals surface area (Å²) in [6, 6.07) is 6.58. The summed E-state index contributed by atoms with van der Waals surface area (Å²) in [5.41, 5.74) is 3.03. The van der Waals surface area contributed by atoms with E-state index in [9.17, 15) is 13.6 Å². The van der Waals surface area contributed by atoms with Crippen molar-refractivity contribution in [3.8, 4) is 11.5 Å². The number of imidazole rings is 1. The van der Waals surface area contributed by atoms with Crippen LogP contribution < -0.4 is 0 Å². The topological polar surface area (TPSA) is 123 Å². The van der Waals surface area contributed by atoms with Crippen molar-refractivity contribution >= 4 is 23.0 Å². The number of aromatic nitrogens is 8. The maximum Gasteiger partial charge on any atom is 0.333 e. The van der Waals surface area contributed by atoms with E-state index in [0.29, 0.717) is 34.2 Å². The molecule has 0 fully saturated rings. The fourth-order valence-corrected chi connectivity index (χ4v) is 4.24. The highest BCUT2D eigenvalue weighted by atomic mass is 35.5. The normalized spacial score (nSPS) is 15.9. The average molecular weight is 486 g/mol. The molecule has 14 heteroatoms. The Hall–Kier alpha value is -4.13. The van der Waals surface area contributed by atoms with Crippen LogP contribution >= 0.6 is 11.6 Å². The van der Waals surface area contributed by atoms with Gasteiger partial charge in [0.15, 0.2) is 0 Å². The van der Waals surface area contributed by atoms with E-state index in [2.05, 4.69) is 30.4 Å². The molecule has 0 bridgehead atoms. The number of pyridine rings is 1. The van der Waals surface area contributed by atoms with E-state index >= 15 is 0 Å². The lowest BCUT2D eigenvalue weighted by Gasteiger charge is -2.32. The van der Waals surface area contributed by atoms with Gasteiger partial charge in [-0.2, -0.15) is 19.0 Å². The molecule has 0 saturated carbocycles. The summed E-state index contributed by atoms with van der Waals surface area (Å²) in [7, 11) is 0. The third-order valence-electron chi connectivity index (χ3n) is 5.58. The number of nitrogens with zero attached hydrogens (tertiary/aromatic N) is 8. The minimum absolute atomic E-state index is 0.0937. The predicted molar refractivity (Wildman–Crippen MR) is 112 cm³/mol. The molecule has 1 aliphatic heterocycles. The van der Waals surface area contributed by atoms with Crippen LogP contribution in [-0.2, 0) is 6.42 Å². The number of hydrogen-bond acceptors (Lipinski definition) is 7. The van der Waals surface area contributed by atoms with Crippen LogP contribution in [0.1, 0.15) is 40.4 Å². The maximum atomic E-state index is 13.4. The van der Waals surface area contributed by atoms with Crippen molar-refractivity contribution in [1.82, 2.24) is 44.5 Å². The first-order valence-corrected chi connectivity index (χ1v) is 10.5. The van der Waals surface area contributed by atoms with E-state index in [-0.39, 0.29) is 17.3 Å². The first kappa shape index (κ1) is 20.5. The highest BCUT2D eigenvalue weighted by Gasteiger charge is 2.38. The summed E-state index contributed by atoms with van der Waals surface area (Å²) in [4.78, 5) is 22.5. The van der Waals surface area contributed by atoms with Gasteiger partial charge in [-0.15, -0.1) is 10.2 Å². The molecule has 0 aliphatic carbocycles. The van der Waals surface area contributed by atoms with Crippen LogP contribution in [-0.4, -0.2) is 56.9 Å². The molecule has 5 aromatic heterocycles. The number of carbonyl (C=O) groups is 1. The zero-order chi connectivity index (χ0) is 23.4. The highest BCUT2D eigenvalue weighted by molar-refractivity contribution is 6.29. The molecule has 34 heavy (non-hydrogen) atoms. The van der Waals surface area contributed by atoms with Crippen molar-refractivity contribution in [3.05, 3.63) is 71.1 Å². The fraction of sp³-hybridized carbons (Fsp3) is 0.200. The fourth-order valence-electron chi connectivity index (χ4n) is 4.03. The number of nitrogens with one attached hydrogen (secondary N) is 1. The number of H-pyrrole nitrogens is 1. The lowest BCUT2D eigenvalue weighted by atomic mass is 9.99. The van der Waals surface area contributed by atoms with Gasteiger partial charge >= 0.3 is 18.3 Å². The van der Waals surface area contributed by atoms with Crippen molar-refractivity contribution in [2.24, 2.45) is 0 Å². The predicted octanol–water partition coefficient (Wildman–Crippen LogP) is 3.14. The van der Waals surface area contributed by atoms with Gasteiger partial charge in [0.25, 0.3) is 5.89 Å². The lowest BCUT2D eigenvalue weighted by Crippen LogP contribution is -2.41. The summed E-state index contributed by atoms with van der Waals surface area (Å²) in [6.07, 6.45) is 4.33. The Morgan fingerprint density at radius 1 is 1.29 bits per heavy atom. The summed E-state index contributed by atoms with van der Waals surface area (Å²) >= 11 is 6.28. The van der Waals surface area contributed by atoms with Gasteiger partial charge in [-0.25, -0.2) is 14.2 Å². The van der Waals surface area contributed by atoms with Crippen molar-refractivity contribution in [3.63, 3.8) is 0 Å². The summed E-state index contributed by atoms with van der Waals surface area (Å²) in [6.45, 7) is -2.48. The molecular weight excluding hydrogens is 472 g/mol. The van der Waals surface area contributed by atoms with E-state index in [1.165, 1.54) is 0 Å². The Labute approximate surface area is 194 Å². The monoisotopic (exact) mass is 485 g/mol. The number of rotatable bonds is 4. The number of fused-ring (bicyclic) bond motifs is 2. The van der Waals surface area contributed by atoms with Crippen molar-refractivity contribution in [2.45, 2.75) is 19.0 Å². The molecule has 5 aromatic rings. The van der Waals surface area contributed by atoms with Gasteiger partial charge in [-0.3, -0.25) is 4.79 Å². The highest BCUT2D eigenvalue weighted by Crippen LogP contribution is 2.35. The SMILES string of the molecule is O=C(c1nnc(-c2cnn(C(F)F)c2)o1)N1CCc2[nH]cnc2C1c1cc2cccc(Cl)n2n1. The molecule has 1 atom stereocenters. The third-order valence-corrected chi connectivity index (χ3v) is 5.87. The number of alkyl halides is 2. The molecule has 1 unspecified atom stereocenters. The lowest BCUT2D eigenvalue weighted by molar-refractivity contribution is 0.0566. The Morgan fingerprint density at radius 2 is 2.18 bits per heavy atom. The summed E-state index contributed by atoms with van der Waals surface area (Å²) in [5.74, 6) is -0.920. The third kappa shape index (κ3) is 3.23. The first-order chi connectivity index (χ1) is 16.5. The standard InChI is InChI=1S/C20H14ClF2N9O2/c21-14-3-1-2-11-6-13(29-32(11)14)16-15-12(24-9-25-15)4-5-30(16)19(33)18-28-27-17(34-18)10-7-26-31(8-10)20(22)23/h1-3,6-9,16,20H,4-5H2,(H,24,25). The van der Waals surface area contributed by atoms with E-state index in [0.717, 1.165) is 23.6 Å². The molecule has 1 aliphatic rings. The van der Waals surface area contributed by atoms with E-state index in [4.69, 9.17) is 16.0 Å². The van der Waals surface area contributed by atoms with Crippen molar-refractivity contribution in [1.29, 1.82) is 0 Å². The van der Waals surface area contributed by atoms with E-state index in [1.54, 1.807) is 21.8 Å². The van der Waals surface area contributed by atoms with Crippen LogP contribution in [0, 0.1) is 0 Å². The molecular formula is C20H14ClF2N9O2. The molecule has 6 rings (SSSR count). The molecule has 1 amide bonds. The zero-order valence-corrected chi connectivity index (χ0v) is 17.9. The second kappa shape index (κ2) is 7.73. The van der Waals surface area contributed by atoms with Gasteiger partial charge in [0.2, 0.25) is 0 Å². The molecule has 0 radical (unpaired) electrons. The number of halogens is 3. The maximum absolute atomic E-state index is 13.4. The number of amides is 1. The largest absolute Gasteiger partial charge is 0.412 e. The van der Waals surface area contributed by atoms with Gasteiger partial charge in [-0.1, -0.05) is 17.7 Å². The molecule has 0 spiro atoms. The Morgan fingerprint density at radius 3 is 2.97 bits per heavy atom. The Kier molecular flexibility index (Phi) is 4.65. The quantitative estimate of drug-likeness (QED) is 0.388. The molecule has 0 saturated heterocycles. The smallest absolute Gasteiger partial charge is 0.333 e.